The number of nitrogens with zero attached hydrogens (tertiary/aromatic N) is 2. The summed E-state index contributed by atoms with van der Waals surface area (Å²) in [5, 5.41) is 7.06. The van der Waals surface area contributed by atoms with Gasteiger partial charge in [-0.1, -0.05) is 23.4 Å². The first-order valence-corrected chi connectivity index (χ1v) is 10.6. The number of para-hydroxylation sites is 1. The van der Waals surface area contributed by atoms with Crippen LogP contribution < -0.4 is 14.8 Å². The fourth-order valence-corrected chi connectivity index (χ4v) is 4.30. The Morgan fingerprint density at radius 3 is 2.91 bits per heavy atom. The lowest BCUT2D eigenvalue weighted by Crippen LogP contribution is -2.37. The van der Waals surface area contributed by atoms with Crippen molar-refractivity contribution >= 4 is 45.9 Å². The number of hydrogen-bond acceptors (Lipinski definition) is 8. The van der Waals surface area contributed by atoms with E-state index in [4.69, 9.17) is 14.0 Å². The first kappa shape index (κ1) is 20.1. The van der Waals surface area contributed by atoms with E-state index in [0.29, 0.717) is 27.7 Å². The molecule has 32 heavy (non-hydrogen) atoms. The predicted molar refractivity (Wildman–Crippen MR) is 116 cm³/mol. The van der Waals surface area contributed by atoms with Gasteiger partial charge in [-0.25, -0.2) is 0 Å². The smallest absolute Gasteiger partial charge is 0.293 e. The summed E-state index contributed by atoms with van der Waals surface area (Å²) in [7, 11) is 0. The molecule has 1 N–H and O–H groups in total. The van der Waals surface area contributed by atoms with Crippen LogP contribution in [-0.4, -0.2) is 47.0 Å². The van der Waals surface area contributed by atoms with Crippen LogP contribution in [0.25, 0.3) is 17.0 Å². The Hall–Kier alpha value is -3.79. The summed E-state index contributed by atoms with van der Waals surface area (Å²) in [5.74, 6) is 0.575. The molecule has 2 aliphatic rings. The molecule has 2 aromatic carbocycles. The van der Waals surface area contributed by atoms with E-state index in [1.165, 1.54) is 0 Å². The van der Waals surface area contributed by atoms with Gasteiger partial charge in [-0.2, -0.15) is 0 Å². The normalized spacial score (nSPS) is 16.4. The highest BCUT2D eigenvalue weighted by Crippen LogP contribution is 2.36. The highest BCUT2D eigenvalue weighted by molar-refractivity contribution is 8.18. The zero-order chi connectivity index (χ0) is 22.1. The zero-order valence-corrected chi connectivity index (χ0v) is 17.5. The number of ether oxygens (including phenoxy) is 2. The predicted octanol–water partition coefficient (Wildman–Crippen LogP) is 2.95. The van der Waals surface area contributed by atoms with Crippen LogP contribution in [0.3, 0.4) is 0 Å². The Kier molecular flexibility index (Phi) is 5.28. The molecule has 0 atom stereocenters. The zero-order valence-electron chi connectivity index (χ0n) is 16.7. The van der Waals surface area contributed by atoms with Crippen molar-refractivity contribution < 1.29 is 28.4 Å². The number of aromatic nitrogens is 1. The number of nitrogens with one attached hydrogen (secondary N) is 1. The second kappa shape index (κ2) is 8.39. The van der Waals surface area contributed by atoms with E-state index >= 15 is 0 Å². The van der Waals surface area contributed by atoms with E-state index in [2.05, 4.69) is 10.5 Å². The summed E-state index contributed by atoms with van der Waals surface area (Å²) < 4.78 is 15.8. The van der Waals surface area contributed by atoms with Crippen molar-refractivity contribution in [3.05, 3.63) is 58.6 Å². The summed E-state index contributed by atoms with van der Waals surface area (Å²) in [5.41, 5.74) is 1.88. The maximum absolute atomic E-state index is 12.7. The lowest BCUT2D eigenvalue weighted by atomic mass is 10.1. The minimum absolute atomic E-state index is 0.0446. The van der Waals surface area contributed by atoms with E-state index < -0.39 is 5.91 Å². The van der Waals surface area contributed by atoms with Gasteiger partial charge in [0.05, 0.1) is 11.3 Å². The molecule has 0 aliphatic carbocycles. The fourth-order valence-electron chi connectivity index (χ4n) is 3.43. The molecule has 0 bridgehead atoms. The minimum Gasteiger partial charge on any atom is -0.454 e. The number of benzene rings is 2. The number of carbonyl (C=O) groups excluding carboxylic acids is 3. The molecule has 10 heteroatoms. The average molecular weight is 451 g/mol. The van der Waals surface area contributed by atoms with Gasteiger partial charge >= 0.3 is 0 Å². The third-order valence-corrected chi connectivity index (χ3v) is 5.91. The van der Waals surface area contributed by atoms with Crippen molar-refractivity contribution in [1.82, 2.24) is 15.4 Å². The number of carbonyl (C=O) groups is 3. The van der Waals surface area contributed by atoms with Gasteiger partial charge in [0.25, 0.3) is 11.1 Å². The first-order chi connectivity index (χ1) is 15.6. The molecule has 2 aliphatic heterocycles. The lowest BCUT2D eigenvalue weighted by Gasteiger charge is -2.12. The van der Waals surface area contributed by atoms with Gasteiger partial charge in [0.1, 0.15) is 5.69 Å². The van der Waals surface area contributed by atoms with Crippen LogP contribution in [0, 0.1) is 0 Å². The molecule has 1 saturated heterocycles. The topological polar surface area (TPSA) is 111 Å². The molecule has 3 heterocycles. The molecule has 0 radical (unpaired) electrons. The Bertz CT molecular complexity index is 1270. The number of amides is 3. The van der Waals surface area contributed by atoms with E-state index in [9.17, 15) is 14.4 Å². The molecule has 1 aromatic heterocycles. The van der Waals surface area contributed by atoms with Crippen LogP contribution in [0.1, 0.15) is 11.3 Å². The van der Waals surface area contributed by atoms with Gasteiger partial charge < -0.3 is 19.3 Å². The highest BCUT2D eigenvalue weighted by Gasteiger charge is 2.34. The van der Waals surface area contributed by atoms with Crippen LogP contribution in [0.15, 0.2) is 51.9 Å². The third-order valence-electron chi connectivity index (χ3n) is 5.01. The fraction of sp³-hybridized carbons (Fsp3) is 0.182. The van der Waals surface area contributed by atoms with Gasteiger partial charge in [0, 0.05) is 18.5 Å². The Morgan fingerprint density at radius 1 is 1.16 bits per heavy atom. The molecular weight excluding hydrogens is 434 g/mol. The van der Waals surface area contributed by atoms with Crippen LogP contribution in [0.2, 0.25) is 0 Å². The number of hydrogen-bond donors (Lipinski definition) is 1. The van der Waals surface area contributed by atoms with E-state index in [0.717, 1.165) is 27.6 Å². The van der Waals surface area contributed by atoms with Crippen molar-refractivity contribution in [2.24, 2.45) is 0 Å². The van der Waals surface area contributed by atoms with Crippen molar-refractivity contribution in [2.45, 2.75) is 6.42 Å². The molecular formula is C22H17N3O6S. The summed E-state index contributed by atoms with van der Waals surface area (Å²) in [4.78, 5) is 38.7. The molecule has 9 nitrogen and oxygen atoms in total. The monoisotopic (exact) mass is 451 g/mol. The third kappa shape index (κ3) is 3.92. The van der Waals surface area contributed by atoms with Crippen LogP contribution in [0.5, 0.6) is 11.5 Å². The van der Waals surface area contributed by atoms with Crippen LogP contribution in [0.4, 0.5) is 4.79 Å². The molecule has 0 spiro atoms. The number of fused-ring (bicyclic) bond motifs is 2. The van der Waals surface area contributed by atoms with Gasteiger partial charge in [0.15, 0.2) is 17.1 Å². The summed E-state index contributed by atoms with van der Waals surface area (Å²) in [6.45, 7) is 0.381. The van der Waals surface area contributed by atoms with Crippen molar-refractivity contribution in [3.8, 4) is 11.5 Å². The van der Waals surface area contributed by atoms with E-state index in [1.54, 1.807) is 30.3 Å². The molecule has 1 fully saturated rings. The lowest BCUT2D eigenvalue weighted by molar-refractivity contribution is -0.124. The summed E-state index contributed by atoms with van der Waals surface area (Å²) >= 11 is 0.865. The molecule has 3 aromatic rings. The standard InChI is InChI=1S/C22H17N3O6S/c26-20(11-15-14-3-1-2-4-16(14)31-24-15)23-7-8-25-21(27)19(32-22(25)28)10-13-5-6-17-18(9-13)30-12-29-17/h1-6,9-10H,7-8,11-12H2,(H,23,26)/b19-10+. The second-order valence-corrected chi connectivity index (χ2v) is 8.09. The number of imide groups is 1. The molecule has 162 valence electrons. The van der Waals surface area contributed by atoms with Gasteiger partial charge in [-0.3, -0.25) is 19.3 Å². The first-order valence-electron chi connectivity index (χ1n) is 9.83. The van der Waals surface area contributed by atoms with Gasteiger partial charge in [-0.05, 0) is 47.7 Å². The Balaban J connectivity index is 1.17. The van der Waals surface area contributed by atoms with Gasteiger partial charge in [0.2, 0.25) is 12.7 Å². The second-order valence-electron chi connectivity index (χ2n) is 7.10. The Labute approximate surface area is 186 Å². The van der Waals surface area contributed by atoms with Gasteiger partial charge in [-0.15, -0.1) is 0 Å². The highest BCUT2D eigenvalue weighted by atomic mass is 32.2. The van der Waals surface area contributed by atoms with E-state index in [1.807, 2.05) is 18.2 Å². The maximum Gasteiger partial charge on any atom is 0.293 e. The summed E-state index contributed by atoms with van der Waals surface area (Å²) in [6, 6.07) is 12.6. The maximum atomic E-state index is 12.7. The minimum atomic E-state index is -0.394. The largest absolute Gasteiger partial charge is 0.454 e. The van der Waals surface area contributed by atoms with Crippen molar-refractivity contribution in [1.29, 1.82) is 0 Å². The summed E-state index contributed by atoms with van der Waals surface area (Å²) in [6.07, 6.45) is 1.68. The molecule has 3 amide bonds. The Morgan fingerprint density at radius 2 is 2.00 bits per heavy atom. The van der Waals surface area contributed by atoms with Crippen molar-refractivity contribution in [3.63, 3.8) is 0 Å². The number of thioether (sulfide) groups is 1. The van der Waals surface area contributed by atoms with Crippen molar-refractivity contribution in [2.75, 3.05) is 19.9 Å². The van der Waals surface area contributed by atoms with Crippen LogP contribution >= 0.6 is 11.8 Å². The van der Waals surface area contributed by atoms with Crippen LogP contribution in [-0.2, 0) is 16.0 Å². The molecule has 5 rings (SSSR count). The quantitative estimate of drug-likeness (QED) is 0.570. The van der Waals surface area contributed by atoms with E-state index in [-0.39, 0.29) is 37.4 Å². The number of rotatable bonds is 6. The molecule has 0 unspecified atom stereocenters. The SMILES string of the molecule is O=C(Cc1noc2ccccc12)NCCN1C(=O)S/C(=C/c2ccc3c(c2)OCO3)C1=O. The molecule has 0 saturated carbocycles. The average Bonchev–Trinajstić information content (AvgIpc) is 3.48.